The number of nitrogen functional groups attached to an aromatic ring is 1. The van der Waals surface area contributed by atoms with Crippen molar-refractivity contribution in [2.75, 3.05) is 5.73 Å². The molecule has 0 bridgehead atoms. The molecule has 0 aromatic heterocycles. The lowest BCUT2D eigenvalue weighted by molar-refractivity contribution is 0.103. The molecule has 0 radical (unpaired) electrons. The molecule has 3 nitrogen and oxygen atoms in total. The maximum atomic E-state index is 12.5. The molecule has 3 rings (SSSR count). The second-order valence-corrected chi connectivity index (χ2v) is 5.45. The summed E-state index contributed by atoms with van der Waals surface area (Å²) >= 11 is 5.93. The topological polar surface area (TPSA) is 52.3 Å². The van der Waals surface area contributed by atoms with Crippen molar-refractivity contribution in [2.24, 2.45) is 0 Å². The van der Waals surface area contributed by atoms with Gasteiger partial charge in [-0.05, 0) is 48.9 Å². The SMILES string of the molecule is CC1Cc2cc(C(=O)c3cc(Cl)ccc3N)ccc2O1. The Morgan fingerprint density at radius 1 is 1.30 bits per heavy atom. The van der Waals surface area contributed by atoms with Gasteiger partial charge in [0.15, 0.2) is 5.78 Å². The number of rotatable bonds is 2. The number of carbonyl (C=O) groups excluding carboxylic acids is 1. The molecule has 1 atom stereocenters. The van der Waals surface area contributed by atoms with Gasteiger partial charge < -0.3 is 10.5 Å². The van der Waals surface area contributed by atoms with Gasteiger partial charge >= 0.3 is 0 Å². The highest BCUT2D eigenvalue weighted by Gasteiger charge is 2.21. The first kappa shape index (κ1) is 13.0. The summed E-state index contributed by atoms with van der Waals surface area (Å²) in [6.45, 7) is 2.01. The first-order valence-corrected chi connectivity index (χ1v) is 6.81. The number of hydrogen-bond donors (Lipinski definition) is 1. The fourth-order valence-corrected chi connectivity index (χ4v) is 2.62. The van der Waals surface area contributed by atoms with Gasteiger partial charge in [-0.3, -0.25) is 4.79 Å². The second-order valence-electron chi connectivity index (χ2n) is 5.02. The normalized spacial score (nSPS) is 16.6. The van der Waals surface area contributed by atoms with Crippen LogP contribution in [0.1, 0.15) is 28.4 Å². The average molecular weight is 288 g/mol. The van der Waals surface area contributed by atoms with Gasteiger partial charge in [-0.2, -0.15) is 0 Å². The standard InChI is InChI=1S/C16H14ClNO2/c1-9-6-11-7-10(2-5-15(11)20-9)16(19)13-8-12(17)3-4-14(13)18/h2-5,7-9H,6,18H2,1H3. The number of nitrogens with two attached hydrogens (primary N) is 1. The minimum Gasteiger partial charge on any atom is -0.490 e. The molecule has 0 saturated carbocycles. The van der Waals surface area contributed by atoms with E-state index in [0.717, 1.165) is 17.7 Å². The molecule has 2 aromatic rings. The van der Waals surface area contributed by atoms with E-state index in [9.17, 15) is 4.79 Å². The van der Waals surface area contributed by atoms with Crippen molar-refractivity contribution in [2.45, 2.75) is 19.4 Å². The molecular formula is C16H14ClNO2. The van der Waals surface area contributed by atoms with Crippen LogP contribution >= 0.6 is 11.6 Å². The third-order valence-electron chi connectivity index (χ3n) is 3.42. The van der Waals surface area contributed by atoms with Gasteiger partial charge in [0, 0.05) is 28.3 Å². The van der Waals surface area contributed by atoms with Crippen LogP contribution in [0.25, 0.3) is 0 Å². The lowest BCUT2D eigenvalue weighted by Gasteiger charge is -2.07. The average Bonchev–Trinajstić information content (AvgIpc) is 2.79. The minimum absolute atomic E-state index is 0.118. The molecule has 2 N–H and O–H groups in total. The molecule has 4 heteroatoms. The van der Waals surface area contributed by atoms with Crippen LogP contribution in [0, 0.1) is 0 Å². The van der Waals surface area contributed by atoms with Crippen LogP contribution in [0.15, 0.2) is 36.4 Å². The molecular weight excluding hydrogens is 274 g/mol. The summed E-state index contributed by atoms with van der Waals surface area (Å²) in [5, 5.41) is 0.501. The summed E-state index contributed by atoms with van der Waals surface area (Å²) in [6, 6.07) is 10.4. The van der Waals surface area contributed by atoms with Crippen LogP contribution in [-0.4, -0.2) is 11.9 Å². The Kier molecular flexibility index (Phi) is 3.14. The van der Waals surface area contributed by atoms with E-state index >= 15 is 0 Å². The van der Waals surface area contributed by atoms with Gasteiger partial charge in [0.25, 0.3) is 0 Å². The summed E-state index contributed by atoms with van der Waals surface area (Å²) < 4.78 is 5.63. The summed E-state index contributed by atoms with van der Waals surface area (Å²) in [5.74, 6) is 0.737. The van der Waals surface area contributed by atoms with Crippen molar-refractivity contribution in [1.29, 1.82) is 0 Å². The maximum absolute atomic E-state index is 12.5. The Hall–Kier alpha value is -2.00. The number of halogens is 1. The second kappa shape index (κ2) is 4.84. The molecule has 0 amide bonds. The van der Waals surface area contributed by atoms with E-state index in [-0.39, 0.29) is 11.9 Å². The highest BCUT2D eigenvalue weighted by molar-refractivity contribution is 6.31. The first-order chi connectivity index (χ1) is 9.54. The van der Waals surface area contributed by atoms with E-state index in [4.69, 9.17) is 22.1 Å². The van der Waals surface area contributed by atoms with Crippen molar-refractivity contribution in [1.82, 2.24) is 0 Å². The first-order valence-electron chi connectivity index (χ1n) is 6.44. The molecule has 0 fully saturated rings. The quantitative estimate of drug-likeness (QED) is 0.679. The third kappa shape index (κ3) is 2.25. The zero-order chi connectivity index (χ0) is 14.3. The predicted molar refractivity (Wildman–Crippen MR) is 79.5 cm³/mol. The monoisotopic (exact) mass is 287 g/mol. The lowest BCUT2D eigenvalue weighted by atomic mass is 9.99. The van der Waals surface area contributed by atoms with E-state index in [1.54, 1.807) is 24.3 Å². The van der Waals surface area contributed by atoms with Crippen LogP contribution in [0.2, 0.25) is 5.02 Å². The van der Waals surface area contributed by atoms with Gasteiger partial charge in [0.05, 0.1) is 0 Å². The molecule has 2 aromatic carbocycles. The van der Waals surface area contributed by atoms with Gasteiger partial charge in [-0.25, -0.2) is 0 Å². The zero-order valence-electron chi connectivity index (χ0n) is 11.0. The molecule has 1 aliphatic rings. The number of ketones is 1. The number of ether oxygens (including phenoxy) is 1. The van der Waals surface area contributed by atoms with Gasteiger partial charge in [-0.1, -0.05) is 11.6 Å². The smallest absolute Gasteiger partial charge is 0.195 e. The van der Waals surface area contributed by atoms with E-state index in [0.29, 0.717) is 21.8 Å². The number of benzene rings is 2. The highest BCUT2D eigenvalue weighted by Crippen LogP contribution is 2.30. The number of hydrogen-bond acceptors (Lipinski definition) is 3. The molecule has 0 spiro atoms. The summed E-state index contributed by atoms with van der Waals surface area (Å²) in [4.78, 5) is 12.5. The third-order valence-corrected chi connectivity index (χ3v) is 3.65. The number of anilines is 1. The summed E-state index contributed by atoms with van der Waals surface area (Å²) in [6.07, 6.45) is 0.980. The maximum Gasteiger partial charge on any atom is 0.195 e. The molecule has 20 heavy (non-hydrogen) atoms. The Morgan fingerprint density at radius 2 is 2.10 bits per heavy atom. The number of fused-ring (bicyclic) bond motifs is 1. The van der Waals surface area contributed by atoms with Crippen molar-refractivity contribution in [3.05, 3.63) is 58.1 Å². The molecule has 1 unspecified atom stereocenters. The van der Waals surface area contributed by atoms with Crippen LogP contribution in [0.5, 0.6) is 5.75 Å². The largest absolute Gasteiger partial charge is 0.490 e. The van der Waals surface area contributed by atoms with Crippen molar-refractivity contribution in [3.63, 3.8) is 0 Å². The van der Waals surface area contributed by atoms with E-state index in [1.165, 1.54) is 0 Å². The molecule has 0 aliphatic carbocycles. The molecule has 1 heterocycles. The van der Waals surface area contributed by atoms with Crippen LogP contribution in [0.3, 0.4) is 0 Å². The van der Waals surface area contributed by atoms with Crippen molar-refractivity contribution < 1.29 is 9.53 Å². The van der Waals surface area contributed by atoms with Crippen LogP contribution < -0.4 is 10.5 Å². The van der Waals surface area contributed by atoms with Crippen LogP contribution in [-0.2, 0) is 6.42 Å². The Labute approximate surface area is 122 Å². The van der Waals surface area contributed by atoms with E-state index in [2.05, 4.69) is 0 Å². The van der Waals surface area contributed by atoms with Crippen molar-refractivity contribution in [3.8, 4) is 5.75 Å². The van der Waals surface area contributed by atoms with E-state index in [1.807, 2.05) is 19.1 Å². The predicted octanol–water partition coefficient (Wildman–Crippen LogP) is 3.48. The van der Waals surface area contributed by atoms with E-state index < -0.39 is 0 Å². The molecule has 102 valence electrons. The lowest BCUT2D eigenvalue weighted by Crippen LogP contribution is -2.06. The summed E-state index contributed by atoms with van der Waals surface area (Å²) in [7, 11) is 0. The minimum atomic E-state index is -0.118. The fraction of sp³-hybridized carbons (Fsp3) is 0.188. The Balaban J connectivity index is 1.99. The van der Waals surface area contributed by atoms with Gasteiger partial charge in [-0.15, -0.1) is 0 Å². The Bertz CT molecular complexity index is 697. The molecule has 1 aliphatic heterocycles. The van der Waals surface area contributed by atoms with Gasteiger partial charge in [0.2, 0.25) is 0 Å². The fourth-order valence-electron chi connectivity index (χ4n) is 2.44. The van der Waals surface area contributed by atoms with Crippen LogP contribution in [0.4, 0.5) is 5.69 Å². The Morgan fingerprint density at radius 3 is 2.90 bits per heavy atom. The summed E-state index contributed by atoms with van der Waals surface area (Å²) in [5.41, 5.74) is 8.39. The number of carbonyl (C=O) groups is 1. The molecule has 0 saturated heterocycles. The van der Waals surface area contributed by atoms with Gasteiger partial charge in [0.1, 0.15) is 11.9 Å². The zero-order valence-corrected chi connectivity index (χ0v) is 11.8. The highest BCUT2D eigenvalue weighted by atomic mass is 35.5. The van der Waals surface area contributed by atoms with Crippen molar-refractivity contribution >= 4 is 23.1 Å².